The molecule has 7 heteroatoms. The van der Waals surface area contributed by atoms with E-state index in [0.717, 1.165) is 16.3 Å². The summed E-state index contributed by atoms with van der Waals surface area (Å²) in [6.07, 6.45) is 0.0769. The third kappa shape index (κ3) is 3.29. The van der Waals surface area contributed by atoms with Gasteiger partial charge in [0.2, 0.25) is 0 Å². The number of amides is 2. The molecule has 1 heterocycles. The quantitative estimate of drug-likeness (QED) is 0.622. The number of rotatable bonds is 3. The Labute approximate surface area is 155 Å². The van der Waals surface area contributed by atoms with E-state index < -0.39 is 0 Å². The molecule has 0 unspecified atom stereocenters. The van der Waals surface area contributed by atoms with Gasteiger partial charge in [-0.2, -0.15) is 0 Å². The van der Waals surface area contributed by atoms with Gasteiger partial charge in [0.15, 0.2) is 0 Å². The van der Waals surface area contributed by atoms with Gasteiger partial charge in [-0.05, 0) is 56.1 Å². The lowest BCUT2D eigenvalue weighted by molar-refractivity contribution is 0.242. The topological polar surface area (TPSA) is 32.8 Å². The van der Waals surface area contributed by atoms with Crippen LogP contribution in [0.1, 0.15) is 13.8 Å². The number of urea groups is 1. The van der Waals surface area contributed by atoms with Crippen LogP contribution in [0.25, 0.3) is 0 Å². The first kappa shape index (κ1) is 17.3. The molecule has 2 aromatic rings. The van der Waals surface area contributed by atoms with Crippen molar-refractivity contribution in [1.29, 1.82) is 0 Å². The molecule has 0 aliphatic carbocycles. The van der Waals surface area contributed by atoms with E-state index in [2.05, 4.69) is 0 Å². The van der Waals surface area contributed by atoms with E-state index in [1.165, 1.54) is 11.9 Å². The zero-order valence-corrected chi connectivity index (χ0v) is 15.7. The largest absolute Gasteiger partial charge is 0.491 e. The molecule has 0 saturated heterocycles. The van der Waals surface area contributed by atoms with E-state index in [1.807, 2.05) is 32.0 Å². The fourth-order valence-electron chi connectivity index (χ4n) is 2.33. The molecule has 0 radical (unpaired) electrons. The molecule has 0 N–H and O–H groups in total. The molecule has 0 atom stereocenters. The zero-order chi connectivity index (χ0) is 17.4. The number of hydrogen-bond acceptors (Lipinski definition) is 3. The molecule has 0 saturated carbocycles. The van der Waals surface area contributed by atoms with E-state index in [0.29, 0.717) is 15.7 Å². The Hall–Kier alpha value is -1.56. The number of carbonyl (C=O) groups excluding carboxylic acids is 1. The van der Waals surface area contributed by atoms with Crippen molar-refractivity contribution in [3.05, 3.63) is 46.4 Å². The summed E-state index contributed by atoms with van der Waals surface area (Å²) in [4.78, 5) is 15.3. The molecule has 2 aromatic carbocycles. The first-order chi connectivity index (χ1) is 11.4. The summed E-state index contributed by atoms with van der Waals surface area (Å²) < 4.78 is 7.30. The molecule has 0 fully saturated rings. The van der Waals surface area contributed by atoms with Crippen LogP contribution in [0.5, 0.6) is 5.75 Å². The van der Waals surface area contributed by atoms with Gasteiger partial charge in [0.25, 0.3) is 0 Å². The minimum atomic E-state index is -0.160. The molecule has 3 rings (SSSR count). The van der Waals surface area contributed by atoms with Crippen molar-refractivity contribution in [3.8, 4) is 5.75 Å². The summed E-state index contributed by atoms with van der Waals surface area (Å²) in [7, 11) is 1.74. The van der Waals surface area contributed by atoms with Crippen molar-refractivity contribution < 1.29 is 9.53 Å². The predicted molar refractivity (Wildman–Crippen MR) is 101 cm³/mol. The van der Waals surface area contributed by atoms with E-state index in [1.54, 1.807) is 34.5 Å². The Balaban J connectivity index is 1.95. The number of anilines is 2. The van der Waals surface area contributed by atoms with Gasteiger partial charge in [-0.25, -0.2) is 9.10 Å². The van der Waals surface area contributed by atoms with Crippen LogP contribution in [0, 0.1) is 0 Å². The average Bonchev–Trinajstić information content (AvgIpc) is 2.53. The fraction of sp³-hybridized carbons (Fsp3) is 0.235. The third-order valence-corrected chi connectivity index (χ3v) is 5.28. The standard InChI is InChI=1S/C17H16Cl2N2O2S/c1-10(2)23-12-5-7-16-15(9-12)20(3)17(22)21(24-16)11-4-6-13(18)14(19)8-11/h4-10H,1-3H3. The van der Waals surface area contributed by atoms with Crippen LogP contribution >= 0.6 is 35.1 Å². The van der Waals surface area contributed by atoms with Gasteiger partial charge in [-0.3, -0.25) is 4.90 Å². The third-order valence-electron chi connectivity index (χ3n) is 3.45. The van der Waals surface area contributed by atoms with Gasteiger partial charge in [-0.1, -0.05) is 23.2 Å². The van der Waals surface area contributed by atoms with Crippen molar-refractivity contribution in [1.82, 2.24) is 0 Å². The monoisotopic (exact) mass is 382 g/mol. The number of nitrogens with zero attached hydrogens (tertiary/aromatic N) is 2. The molecular weight excluding hydrogens is 367 g/mol. The number of halogens is 2. The maximum absolute atomic E-state index is 12.7. The highest BCUT2D eigenvalue weighted by Crippen LogP contribution is 2.43. The lowest BCUT2D eigenvalue weighted by atomic mass is 10.2. The van der Waals surface area contributed by atoms with Gasteiger partial charge in [0.05, 0.1) is 32.4 Å². The molecule has 24 heavy (non-hydrogen) atoms. The first-order valence-corrected chi connectivity index (χ1v) is 8.91. The number of ether oxygens (including phenoxy) is 1. The van der Waals surface area contributed by atoms with Crippen LogP contribution < -0.4 is 13.9 Å². The van der Waals surface area contributed by atoms with Crippen LogP contribution in [0.15, 0.2) is 41.3 Å². The molecule has 2 amide bonds. The molecular formula is C17H16Cl2N2O2S. The average molecular weight is 383 g/mol. The number of benzene rings is 2. The number of carbonyl (C=O) groups is 1. The maximum Gasteiger partial charge on any atom is 0.339 e. The van der Waals surface area contributed by atoms with E-state index in [-0.39, 0.29) is 12.1 Å². The molecule has 0 bridgehead atoms. The predicted octanol–water partition coefficient (Wildman–Crippen LogP) is 5.86. The second-order valence-corrected chi connectivity index (χ2v) is 7.42. The molecule has 1 aliphatic rings. The number of fused-ring (bicyclic) bond motifs is 1. The van der Waals surface area contributed by atoms with Crippen molar-refractivity contribution in [3.63, 3.8) is 0 Å². The van der Waals surface area contributed by atoms with Crippen molar-refractivity contribution >= 4 is 52.6 Å². The van der Waals surface area contributed by atoms with Crippen LogP contribution in [0.4, 0.5) is 16.2 Å². The Morgan fingerprint density at radius 2 is 1.83 bits per heavy atom. The van der Waals surface area contributed by atoms with Gasteiger partial charge in [0.1, 0.15) is 5.75 Å². The lowest BCUT2D eigenvalue weighted by Gasteiger charge is -2.34. The molecule has 126 valence electrons. The summed E-state index contributed by atoms with van der Waals surface area (Å²) in [5.74, 6) is 0.743. The molecule has 4 nitrogen and oxygen atoms in total. The summed E-state index contributed by atoms with van der Waals surface area (Å²) in [6, 6.07) is 10.7. The van der Waals surface area contributed by atoms with E-state index in [4.69, 9.17) is 27.9 Å². The van der Waals surface area contributed by atoms with E-state index in [9.17, 15) is 4.79 Å². The normalized spacial score (nSPS) is 14.2. The molecule has 0 aromatic heterocycles. The summed E-state index contributed by atoms with van der Waals surface area (Å²) >= 11 is 13.4. The highest BCUT2D eigenvalue weighted by Gasteiger charge is 2.30. The lowest BCUT2D eigenvalue weighted by Crippen LogP contribution is -2.40. The van der Waals surface area contributed by atoms with Gasteiger partial charge in [-0.15, -0.1) is 0 Å². The van der Waals surface area contributed by atoms with Gasteiger partial charge >= 0.3 is 6.03 Å². The van der Waals surface area contributed by atoms with Crippen LogP contribution in [-0.2, 0) is 0 Å². The van der Waals surface area contributed by atoms with Crippen LogP contribution in [0.2, 0.25) is 10.0 Å². The Morgan fingerprint density at radius 3 is 2.50 bits per heavy atom. The second-order valence-electron chi connectivity index (χ2n) is 5.62. The minimum Gasteiger partial charge on any atom is -0.491 e. The van der Waals surface area contributed by atoms with Crippen molar-refractivity contribution in [2.75, 3.05) is 16.3 Å². The van der Waals surface area contributed by atoms with E-state index >= 15 is 0 Å². The Kier molecular flexibility index (Phi) is 4.85. The number of hydrogen-bond donors (Lipinski definition) is 0. The van der Waals surface area contributed by atoms with Gasteiger partial charge < -0.3 is 4.74 Å². The second kappa shape index (κ2) is 6.75. The zero-order valence-electron chi connectivity index (χ0n) is 13.4. The highest BCUT2D eigenvalue weighted by atomic mass is 35.5. The van der Waals surface area contributed by atoms with Crippen molar-refractivity contribution in [2.45, 2.75) is 24.8 Å². The minimum absolute atomic E-state index is 0.0769. The Bertz CT molecular complexity index is 798. The fourth-order valence-corrected chi connectivity index (χ4v) is 3.66. The van der Waals surface area contributed by atoms with Gasteiger partial charge in [0, 0.05) is 13.1 Å². The smallest absolute Gasteiger partial charge is 0.339 e. The van der Waals surface area contributed by atoms with Crippen LogP contribution in [-0.4, -0.2) is 19.2 Å². The first-order valence-electron chi connectivity index (χ1n) is 7.38. The van der Waals surface area contributed by atoms with Crippen molar-refractivity contribution in [2.24, 2.45) is 0 Å². The van der Waals surface area contributed by atoms with Crippen LogP contribution in [0.3, 0.4) is 0 Å². The summed E-state index contributed by atoms with van der Waals surface area (Å²) in [5, 5.41) is 0.871. The Morgan fingerprint density at radius 1 is 1.08 bits per heavy atom. The molecule has 0 spiro atoms. The summed E-state index contributed by atoms with van der Waals surface area (Å²) in [6.45, 7) is 3.93. The highest BCUT2D eigenvalue weighted by molar-refractivity contribution is 8.01. The SMILES string of the molecule is CC(C)Oc1ccc2c(c1)N(C)C(=O)N(c1ccc(Cl)c(Cl)c1)S2. The molecule has 1 aliphatic heterocycles. The summed E-state index contributed by atoms with van der Waals surface area (Å²) in [5.41, 5.74) is 1.50. The maximum atomic E-state index is 12.7.